The standard InChI is InChI=1S/C23H30O6/c1-5-23(27)18(25)12-16-19-15(7-9-22(16,23)3)21(2)8-6-14(29-20(26)28-4)10-13(21)11-17(19)24/h1,11,14-17,19,24,27H,6-10,12H2,2-4H3/t14-,15?,16?,17?,19?,21-,22-,23-/m0/s1. The summed E-state index contributed by atoms with van der Waals surface area (Å²) in [5, 5.41) is 22.1. The molecule has 0 heterocycles. The van der Waals surface area contributed by atoms with Crippen molar-refractivity contribution in [3.63, 3.8) is 0 Å². The predicted molar refractivity (Wildman–Crippen MR) is 105 cm³/mol. The molecule has 158 valence electrons. The highest BCUT2D eigenvalue weighted by Crippen LogP contribution is 2.66. The smallest absolute Gasteiger partial charge is 0.438 e. The molecule has 4 rings (SSSR count). The van der Waals surface area contributed by atoms with Gasteiger partial charge in [-0.3, -0.25) is 4.79 Å². The molecule has 2 N–H and O–H groups in total. The van der Waals surface area contributed by atoms with Gasteiger partial charge in [0.05, 0.1) is 13.2 Å². The largest absolute Gasteiger partial charge is 0.508 e. The van der Waals surface area contributed by atoms with Crippen LogP contribution >= 0.6 is 0 Å². The molecule has 0 aromatic rings. The van der Waals surface area contributed by atoms with Crippen molar-refractivity contribution in [3.05, 3.63) is 11.6 Å². The number of carbonyl (C=O) groups excluding carboxylic acids is 2. The summed E-state index contributed by atoms with van der Waals surface area (Å²) in [4.78, 5) is 24.2. The molecule has 0 bridgehead atoms. The van der Waals surface area contributed by atoms with Gasteiger partial charge in [-0.2, -0.15) is 0 Å². The summed E-state index contributed by atoms with van der Waals surface area (Å²) in [7, 11) is 1.29. The van der Waals surface area contributed by atoms with E-state index in [4.69, 9.17) is 11.2 Å². The quantitative estimate of drug-likeness (QED) is 0.398. The van der Waals surface area contributed by atoms with Gasteiger partial charge in [-0.05, 0) is 48.9 Å². The summed E-state index contributed by atoms with van der Waals surface area (Å²) in [6.45, 7) is 4.14. The highest BCUT2D eigenvalue weighted by molar-refractivity contribution is 5.94. The second-order valence-corrected chi connectivity index (χ2v) is 9.77. The Hall–Kier alpha value is -1.84. The van der Waals surface area contributed by atoms with Gasteiger partial charge in [0.15, 0.2) is 11.4 Å². The lowest BCUT2D eigenvalue weighted by Gasteiger charge is -2.59. The number of aliphatic hydroxyl groups is 2. The first-order valence-corrected chi connectivity index (χ1v) is 10.5. The second kappa shape index (κ2) is 6.58. The lowest BCUT2D eigenvalue weighted by molar-refractivity contribution is -0.143. The van der Waals surface area contributed by atoms with Crippen molar-refractivity contribution in [3.8, 4) is 12.3 Å². The minimum Gasteiger partial charge on any atom is -0.438 e. The summed E-state index contributed by atoms with van der Waals surface area (Å²) >= 11 is 0. The molecule has 0 saturated heterocycles. The number of fused-ring (bicyclic) bond motifs is 5. The maximum atomic E-state index is 12.7. The van der Waals surface area contributed by atoms with Gasteiger partial charge < -0.3 is 19.7 Å². The molecule has 29 heavy (non-hydrogen) atoms. The van der Waals surface area contributed by atoms with E-state index in [-0.39, 0.29) is 41.5 Å². The van der Waals surface area contributed by atoms with Crippen molar-refractivity contribution >= 4 is 11.9 Å². The van der Waals surface area contributed by atoms with Crippen LogP contribution in [0, 0.1) is 40.9 Å². The van der Waals surface area contributed by atoms with Crippen molar-refractivity contribution in [2.75, 3.05) is 7.11 Å². The van der Waals surface area contributed by atoms with Crippen LogP contribution in [0.3, 0.4) is 0 Å². The number of Topliss-reactive ketones (excluding diaryl/α,β-unsaturated/α-hetero) is 1. The first kappa shape index (κ1) is 20.4. The minimum absolute atomic E-state index is 0.119. The van der Waals surface area contributed by atoms with E-state index in [1.54, 1.807) is 0 Å². The predicted octanol–water partition coefficient (Wildman–Crippen LogP) is 2.61. The third-order valence-electron chi connectivity index (χ3n) is 8.75. The zero-order valence-corrected chi connectivity index (χ0v) is 17.3. The molecule has 6 nitrogen and oxygen atoms in total. The van der Waals surface area contributed by atoms with Gasteiger partial charge in [-0.1, -0.05) is 31.4 Å². The first-order valence-electron chi connectivity index (χ1n) is 10.5. The van der Waals surface area contributed by atoms with Gasteiger partial charge in [0, 0.05) is 18.3 Å². The van der Waals surface area contributed by atoms with Crippen LogP contribution in [0.2, 0.25) is 0 Å². The Morgan fingerprint density at radius 1 is 1.24 bits per heavy atom. The third-order valence-corrected chi connectivity index (χ3v) is 8.75. The molecule has 0 radical (unpaired) electrons. The molecule has 0 spiro atoms. The van der Waals surface area contributed by atoms with Crippen molar-refractivity contribution in [1.29, 1.82) is 0 Å². The molecule has 0 aromatic carbocycles. The molecule has 4 unspecified atom stereocenters. The molecule has 0 amide bonds. The summed E-state index contributed by atoms with van der Waals surface area (Å²) in [6.07, 6.45) is 9.68. The fourth-order valence-electron chi connectivity index (χ4n) is 6.97. The lowest BCUT2D eigenvalue weighted by atomic mass is 9.46. The third kappa shape index (κ3) is 2.63. The van der Waals surface area contributed by atoms with Crippen LogP contribution in [0.4, 0.5) is 4.79 Å². The van der Waals surface area contributed by atoms with Crippen LogP contribution in [-0.2, 0) is 14.3 Å². The van der Waals surface area contributed by atoms with Crippen LogP contribution in [0.1, 0.15) is 52.4 Å². The molecule has 3 saturated carbocycles. The Morgan fingerprint density at radius 3 is 2.62 bits per heavy atom. The first-order chi connectivity index (χ1) is 13.6. The second-order valence-electron chi connectivity index (χ2n) is 9.77. The fraction of sp³-hybridized carbons (Fsp3) is 0.739. The molecule has 4 aliphatic rings. The van der Waals surface area contributed by atoms with E-state index in [1.165, 1.54) is 7.11 Å². The highest BCUT2D eigenvalue weighted by Gasteiger charge is 2.68. The molecule has 4 aliphatic carbocycles. The Kier molecular flexibility index (Phi) is 4.64. The Balaban J connectivity index is 1.66. The number of rotatable bonds is 1. The lowest BCUT2D eigenvalue weighted by Crippen LogP contribution is -2.58. The van der Waals surface area contributed by atoms with Crippen LogP contribution in [0.5, 0.6) is 0 Å². The number of terminal acetylenes is 1. The average molecular weight is 402 g/mol. The Labute approximate surface area is 171 Å². The van der Waals surface area contributed by atoms with Crippen molar-refractivity contribution in [2.45, 2.75) is 70.2 Å². The van der Waals surface area contributed by atoms with Gasteiger partial charge in [-0.15, -0.1) is 6.42 Å². The zero-order valence-electron chi connectivity index (χ0n) is 17.3. The topological polar surface area (TPSA) is 93.1 Å². The van der Waals surface area contributed by atoms with Gasteiger partial charge in [0.25, 0.3) is 0 Å². The van der Waals surface area contributed by atoms with E-state index >= 15 is 0 Å². The Morgan fingerprint density at radius 2 is 1.97 bits per heavy atom. The monoisotopic (exact) mass is 402 g/mol. The summed E-state index contributed by atoms with van der Waals surface area (Å²) in [6, 6.07) is 0. The van der Waals surface area contributed by atoms with Gasteiger partial charge in [-0.25, -0.2) is 4.79 Å². The number of ketones is 1. The van der Waals surface area contributed by atoms with Gasteiger partial charge >= 0.3 is 6.16 Å². The Bertz CT molecular complexity index is 811. The van der Waals surface area contributed by atoms with E-state index in [0.29, 0.717) is 12.8 Å². The van der Waals surface area contributed by atoms with Crippen molar-refractivity contribution in [2.24, 2.45) is 28.6 Å². The van der Waals surface area contributed by atoms with Crippen molar-refractivity contribution in [1.82, 2.24) is 0 Å². The molecule has 8 atom stereocenters. The van der Waals surface area contributed by atoms with Crippen molar-refractivity contribution < 1.29 is 29.3 Å². The SMILES string of the molecule is C#C[C@]1(O)C(=O)CC2C3C(O)C=C4C[C@@H](OC(=O)OC)CC[C@]4(C)C3CC[C@@]21C. The summed E-state index contributed by atoms with van der Waals surface area (Å²) in [5.41, 5.74) is -1.47. The van der Waals surface area contributed by atoms with Crippen LogP contribution < -0.4 is 0 Å². The molecule has 0 aromatic heterocycles. The molecule has 6 heteroatoms. The average Bonchev–Trinajstić information content (AvgIpc) is 2.90. The normalized spacial score (nSPS) is 48.5. The van der Waals surface area contributed by atoms with E-state index in [9.17, 15) is 19.8 Å². The van der Waals surface area contributed by atoms with Gasteiger partial charge in [0.1, 0.15) is 6.10 Å². The summed E-state index contributed by atoms with van der Waals surface area (Å²) in [5.74, 6) is 2.02. The number of ether oxygens (including phenoxy) is 2. The van der Waals surface area contributed by atoms with E-state index < -0.39 is 23.3 Å². The number of hydrogen-bond donors (Lipinski definition) is 2. The van der Waals surface area contributed by atoms with Crippen LogP contribution in [0.25, 0.3) is 0 Å². The van der Waals surface area contributed by atoms with Crippen LogP contribution in [0.15, 0.2) is 11.6 Å². The number of hydrogen-bond acceptors (Lipinski definition) is 6. The minimum atomic E-state index is -1.75. The van der Waals surface area contributed by atoms with Gasteiger partial charge in [0.2, 0.25) is 0 Å². The highest BCUT2D eigenvalue weighted by atomic mass is 16.7. The maximum absolute atomic E-state index is 12.7. The molecule has 0 aliphatic heterocycles. The maximum Gasteiger partial charge on any atom is 0.508 e. The number of carbonyl (C=O) groups is 2. The van der Waals surface area contributed by atoms with Crippen LogP contribution in [-0.4, -0.2) is 47.1 Å². The number of methoxy groups -OCH3 is 1. The summed E-state index contributed by atoms with van der Waals surface area (Å²) < 4.78 is 9.98. The fourth-order valence-corrected chi connectivity index (χ4v) is 6.97. The molecular weight excluding hydrogens is 372 g/mol. The zero-order chi connectivity index (χ0) is 21.2. The van der Waals surface area contributed by atoms with E-state index in [2.05, 4.69) is 17.6 Å². The van der Waals surface area contributed by atoms with E-state index in [0.717, 1.165) is 24.8 Å². The van der Waals surface area contributed by atoms with E-state index in [1.807, 2.05) is 13.0 Å². The molecular formula is C23H30O6. The number of aliphatic hydroxyl groups excluding tert-OH is 1. The molecule has 3 fully saturated rings.